The fraction of sp³-hybridized carbons (Fsp3) is 0. The van der Waals surface area contributed by atoms with Crippen molar-refractivity contribution < 1.29 is 19.2 Å². The number of hydrogen-bond donors (Lipinski definition) is 0. The predicted octanol–water partition coefficient (Wildman–Crippen LogP) is 3.31. The Kier molecular flexibility index (Phi) is 2.14. The van der Waals surface area contributed by atoms with Crippen molar-refractivity contribution >= 4 is 6.08 Å². The number of fused-ring (bicyclic) bond motifs is 2. The van der Waals surface area contributed by atoms with Crippen LogP contribution >= 0.6 is 0 Å². The Hall–Kier alpha value is -2.62. The maximum atomic E-state index is 5.58. The van der Waals surface area contributed by atoms with Gasteiger partial charge >= 0.3 is 6.29 Å². The van der Waals surface area contributed by atoms with Gasteiger partial charge < -0.3 is 9.47 Å². The van der Waals surface area contributed by atoms with Gasteiger partial charge in [0.1, 0.15) is 0 Å². The monoisotopic (exact) mass is 253 g/mol. The van der Waals surface area contributed by atoms with Crippen LogP contribution in [-0.2, 0) is 4.89 Å². The van der Waals surface area contributed by atoms with E-state index < -0.39 is 0 Å². The third-order valence-corrected chi connectivity index (χ3v) is 2.88. The van der Waals surface area contributed by atoms with Crippen molar-refractivity contribution in [3.63, 3.8) is 0 Å². The largest absolute Gasteiger partial charge is 0.435 e. The van der Waals surface area contributed by atoms with E-state index in [1.165, 1.54) is 0 Å². The quantitative estimate of drug-likeness (QED) is 0.730. The molecular formula is C15H9O4. The molecule has 93 valence electrons. The molecule has 0 fully saturated rings. The normalized spacial score (nSPS) is 16.1. The van der Waals surface area contributed by atoms with Gasteiger partial charge in [0, 0.05) is 11.6 Å². The molecule has 19 heavy (non-hydrogen) atoms. The van der Waals surface area contributed by atoms with Crippen LogP contribution in [0.5, 0.6) is 17.2 Å². The summed E-state index contributed by atoms with van der Waals surface area (Å²) in [6, 6.07) is 15.0. The average molecular weight is 253 g/mol. The summed E-state index contributed by atoms with van der Waals surface area (Å²) in [7, 11) is 0. The van der Waals surface area contributed by atoms with Crippen LogP contribution in [0.15, 0.2) is 54.3 Å². The van der Waals surface area contributed by atoms with Gasteiger partial charge in [-0.2, -0.15) is 0 Å². The van der Waals surface area contributed by atoms with E-state index in [9.17, 15) is 0 Å². The van der Waals surface area contributed by atoms with Crippen molar-refractivity contribution in [1.29, 1.82) is 0 Å². The van der Waals surface area contributed by atoms with Crippen molar-refractivity contribution in [2.75, 3.05) is 0 Å². The highest BCUT2D eigenvalue weighted by molar-refractivity contribution is 5.62. The van der Waals surface area contributed by atoms with E-state index in [1.807, 2.05) is 54.6 Å². The van der Waals surface area contributed by atoms with Gasteiger partial charge in [-0.1, -0.05) is 30.3 Å². The second-order valence-electron chi connectivity index (χ2n) is 4.15. The van der Waals surface area contributed by atoms with Crippen LogP contribution in [0.25, 0.3) is 6.08 Å². The summed E-state index contributed by atoms with van der Waals surface area (Å²) >= 11 is 0. The average Bonchev–Trinajstić information content (AvgIpc) is 2.90. The van der Waals surface area contributed by atoms with E-state index in [-0.39, 0.29) is 6.29 Å². The topological polar surface area (TPSA) is 36.9 Å². The third kappa shape index (κ3) is 1.69. The Labute approximate surface area is 109 Å². The van der Waals surface area contributed by atoms with Crippen molar-refractivity contribution in [2.45, 2.75) is 0 Å². The smallest absolute Gasteiger partial charge is 0.405 e. The summed E-state index contributed by atoms with van der Waals surface area (Å²) in [6.45, 7) is 0. The molecule has 1 radical (unpaired) electrons. The number of rotatable bonds is 1. The SMILES string of the molecule is C1=C([C]2Oc3ccccc3O2)OOc2ccccc21. The van der Waals surface area contributed by atoms with Gasteiger partial charge in [-0.05, 0) is 18.2 Å². The minimum atomic E-state index is 0.288. The van der Waals surface area contributed by atoms with Crippen LogP contribution in [0.2, 0.25) is 0 Å². The van der Waals surface area contributed by atoms with Crippen LogP contribution in [0.1, 0.15) is 5.56 Å². The molecule has 0 aromatic heterocycles. The van der Waals surface area contributed by atoms with Gasteiger partial charge in [-0.15, -0.1) is 0 Å². The van der Waals surface area contributed by atoms with Crippen molar-refractivity contribution in [1.82, 2.24) is 0 Å². The minimum absolute atomic E-state index is 0.288. The Bertz CT molecular complexity index is 638. The zero-order valence-electron chi connectivity index (χ0n) is 9.83. The summed E-state index contributed by atoms with van der Waals surface area (Å²) < 4.78 is 11.2. The predicted molar refractivity (Wildman–Crippen MR) is 67.1 cm³/mol. The number of benzene rings is 2. The Morgan fingerprint density at radius 2 is 1.26 bits per heavy atom. The molecule has 2 heterocycles. The molecule has 0 aliphatic carbocycles. The van der Waals surface area contributed by atoms with E-state index in [4.69, 9.17) is 19.2 Å². The minimum Gasteiger partial charge on any atom is -0.435 e. The first-order valence-electron chi connectivity index (χ1n) is 5.87. The molecule has 4 heteroatoms. The van der Waals surface area contributed by atoms with Gasteiger partial charge in [-0.3, -0.25) is 9.78 Å². The lowest BCUT2D eigenvalue weighted by atomic mass is 10.1. The summed E-state index contributed by atoms with van der Waals surface area (Å²) in [6.07, 6.45) is 2.11. The van der Waals surface area contributed by atoms with E-state index >= 15 is 0 Å². The molecule has 0 saturated carbocycles. The molecule has 0 amide bonds. The summed E-state index contributed by atoms with van der Waals surface area (Å²) in [5, 5.41) is 0. The Balaban J connectivity index is 1.65. The van der Waals surface area contributed by atoms with Gasteiger partial charge in [0.15, 0.2) is 17.2 Å². The van der Waals surface area contributed by atoms with Gasteiger partial charge in [0.05, 0.1) is 0 Å². The number of para-hydroxylation sites is 3. The highest BCUT2D eigenvalue weighted by atomic mass is 17.2. The van der Waals surface area contributed by atoms with Gasteiger partial charge in [-0.25, -0.2) is 0 Å². The molecule has 0 spiro atoms. The zero-order valence-corrected chi connectivity index (χ0v) is 9.83. The maximum absolute atomic E-state index is 5.58. The van der Waals surface area contributed by atoms with E-state index in [0.717, 1.165) is 5.56 Å². The summed E-state index contributed by atoms with van der Waals surface area (Å²) in [4.78, 5) is 10.4. The van der Waals surface area contributed by atoms with Crippen molar-refractivity contribution in [3.8, 4) is 17.2 Å². The third-order valence-electron chi connectivity index (χ3n) is 2.88. The fourth-order valence-electron chi connectivity index (χ4n) is 1.96. The molecule has 0 unspecified atom stereocenters. The molecule has 2 aromatic rings. The molecule has 2 aliphatic rings. The second kappa shape index (κ2) is 3.95. The maximum Gasteiger partial charge on any atom is 0.405 e. The first kappa shape index (κ1) is 10.3. The lowest BCUT2D eigenvalue weighted by molar-refractivity contribution is -0.179. The second-order valence-corrected chi connectivity index (χ2v) is 4.15. The van der Waals surface area contributed by atoms with Crippen LogP contribution in [0, 0.1) is 6.29 Å². The molecule has 4 nitrogen and oxygen atoms in total. The van der Waals surface area contributed by atoms with E-state index in [1.54, 1.807) is 0 Å². The number of hydrogen-bond acceptors (Lipinski definition) is 4. The molecule has 0 N–H and O–H groups in total. The lowest BCUT2D eigenvalue weighted by Crippen LogP contribution is -2.17. The van der Waals surface area contributed by atoms with Crippen LogP contribution in [0.3, 0.4) is 0 Å². The van der Waals surface area contributed by atoms with Crippen molar-refractivity contribution in [2.24, 2.45) is 0 Å². The molecule has 2 aromatic carbocycles. The molecule has 0 bridgehead atoms. The number of ether oxygens (including phenoxy) is 2. The van der Waals surface area contributed by atoms with Gasteiger partial charge in [0.2, 0.25) is 5.76 Å². The Morgan fingerprint density at radius 3 is 2.00 bits per heavy atom. The van der Waals surface area contributed by atoms with Crippen LogP contribution in [0.4, 0.5) is 0 Å². The first-order chi connectivity index (χ1) is 9.40. The summed E-state index contributed by atoms with van der Waals surface area (Å²) in [5.74, 6) is 2.42. The molecule has 2 aliphatic heterocycles. The highest BCUT2D eigenvalue weighted by Gasteiger charge is 2.34. The van der Waals surface area contributed by atoms with E-state index in [0.29, 0.717) is 23.0 Å². The molecule has 4 rings (SSSR count). The Morgan fingerprint density at radius 1 is 0.632 bits per heavy atom. The van der Waals surface area contributed by atoms with Crippen LogP contribution < -0.4 is 14.4 Å². The standard InChI is InChI=1S/C15H9O4/c1-2-6-11-10(5-1)9-14(19-18-11)15-16-12-7-3-4-8-13(12)17-15/h1-9H. The van der Waals surface area contributed by atoms with E-state index in [2.05, 4.69) is 0 Å². The van der Waals surface area contributed by atoms with Crippen LogP contribution in [-0.4, -0.2) is 0 Å². The highest BCUT2D eigenvalue weighted by Crippen LogP contribution is 2.41. The lowest BCUT2D eigenvalue weighted by Gasteiger charge is -2.17. The molecule has 0 atom stereocenters. The first-order valence-corrected chi connectivity index (χ1v) is 5.87. The summed E-state index contributed by atoms with van der Waals surface area (Å²) in [5.41, 5.74) is 0.916. The fourth-order valence-corrected chi connectivity index (χ4v) is 1.96. The zero-order chi connectivity index (χ0) is 12.7. The molecule has 0 saturated heterocycles. The van der Waals surface area contributed by atoms with Crippen molar-refractivity contribution in [3.05, 3.63) is 66.1 Å². The molecular weight excluding hydrogens is 244 g/mol. The van der Waals surface area contributed by atoms with Gasteiger partial charge in [0.25, 0.3) is 0 Å².